The first-order chi connectivity index (χ1) is 8.29. The van der Waals surface area contributed by atoms with Crippen LogP contribution in [0.1, 0.15) is 31.2 Å². The van der Waals surface area contributed by atoms with Gasteiger partial charge in [0, 0.05) is 10.5 Å². The van der Waals surface area contributed by atoms with Crippen LogP contribution in [0.4, 0.5) is 0 Å². The highest BCUT2D eigenvalue weighted by molar-refractivity contribution is 9.10. The molecule has 1 heterocycles. The SMILES string of the molecule is COc1ccc(Br)c(CC2CCCCCN2)c1. The Morgan fingerprint density at radius 2 is 2.24 bits per heavy atom. The van der Waals surface area contributed by atoms with Crippen LogP contribution in [0, 0.1) is 0 Å². The lowest BCUT2D eigenvalue weighted by Crippen LogP contribution is -2.30. The summed E-state index contributed by atoms with van der Waals surface area (Å²) in [6.45, 7) is 1.16. The molecular formula is C14H20BrNO. The van der Waals surface area contributed by atoms with Crippen molar-refractivity contribution in [2.45, 2.75) is 38.1 Å². The minimum absolute atomic E-state index is 0.612. The molecule has 1 N–H and O–H groups in total. The standard InChI is InChI=1S/C14H20BrNO/c1-17-13-6-7-14(15)11(10-13)9-12-5-3-2-4-8-16-12/h6-7,10,12,16H,2-5,8-9H2,1H3. The topological polar surface area (TPSA) is 21.3 Å². The maximum Gasteiger partial charge on any atom is 0.119 e. The van der Waals surface area contributed by atoms with Crippen LogP contribution in [-0.4, -0.2) is 19.7 Å². The van der Waals surface area contributed by atoms with Crippen molar-refractivity contribution in [1.29, 1.82) is 0 Å². The molecule has 2 nitrogen and oxygen atoms in total. The molecule has 1 saturated heterocycles. The Morgan fingerprint density at radius 1 is 1.35 bits per heavy atom. The monoisotopic (exact) mass is 297 g/mol. The molecule has 1 aromatic rings. The summed E-state index contributed by atoms with van der Waals surface area (Å²) in [6, 6.07) is 6.82. The second-order valence-electron chi connectivity index (χ2n) is 4.66. The number of ether oxygens (including phenoxy) is 1. The number of benzene rings is 1. The Morgan fingerprint density at radius 3 is 3.06 bits per heavy atom. The first-order valence-corrected chi connectivity index (χ1v) is 7.14. The quantitative estimate of drug-likeness (QED) is 0.921. The van der Waals surface area contributed by atoms with Gasteiger partial charge in [0.2, 0.25) is 0 Å². The number of nitrogens with one attached hydrogen (secondary N) is 1. The molecule has 1 unspecified atom stereocenters. The van der Waals surface area contributed by atoms with E-state index in [-0.39, 0.29) is 0 Å². The molecule has 94 valence electrons. The smallest absolute Gasteiger partial charge is 0.119 e. The van der Waals surface area contributed by atoms with Crippen molar-refractivity contribution in [3.05, 3.63) is 28.2 Å². The third-order valence-electron chi connectivity index (χ3n) is 3.38. The minimum atomic E-state index is 0.612. The maximum absolute atomic E-state index is 5.28. The van der Waals surface area contributed by atoms with Crippen LogP contribution in [0.15, 0.2) is 22.7 Å². The lowest BCUT2D eigenvalue weighted by Gasteiger charge is -2.17. The van der Waals surface area contributed by atoms with Gasteiger partial charge in [-0.05, 0) is 49.6 Å². The van der Waals surface area contributed by atoms with Gasteiger partial charge in [0.15, 0.2) is 0 Å². The van der Waals surface area contributed by atoms with E-state index in [2.05, 4.69) is 33.4 Å². The summed E-state index contributed by atoms with van der Waals surface area (Å²) in [4.78, 5) is 0. The van der Waals surface area contributed by atoms with Gasteiger partial charge < -0.3 is 10.1 Å². The van der Waals surface area contributed by atoms with Crippen LogP contribution >= 0.6 is 15.9 Å². The van der Waals surface area contributed by atoms with Gasteiger partial charge in [-0.25, -0.2) is 0 Å². The van der Waals surface area contributed by atoms with Gasteiger partial charge in [-0.1, -0.05) is 28.8 Å². The predicted octanol–water partition coefficient (Wildman–Crippen LogP) is 3.53. The van der Waals surface area contributed by atoms with E-state index < -0.39 is 0 Å². The van der Waals surface area contributed by atoms with Crippen LogP contribution in [0.25, 0.3) is 0 Å². The molecule has 17 heavy (non-hydrogen) atoms. The number of halogens is 1. The summed E-state index contributed by atoms with van der Waals surface area (Å²) < 4.78 is 6.47. The molecule has 2 rings (SSSR count). The third kappa shape index (κ3) is 3.71. The van der Waals surface area contributed by atoms with Crippen LogP contribution in [0.2, 0.25) is 0 Å². The zero-order valence-electron chi connectivity index (χ0n) is 10.3. The zero-order chi connectivity index (χ0) is 12.1. The lowest BCUT2D eigenvalue weighted by molar-refractivity contribution is 0.413. The Kier molecular flexibility index (Phi) is 4.86. The highest BCUT2D eigenvalue weighted by Crippen LogP contribution is 2.25. The molecule has 0 amide bonds. The molecule has 3 heteroatoms. The van der Waals surface area contributed by atoms with Crippen molar-refractivity contribution < 1.29 is 4.74 Å². The Hall–Kier alpha value is -0.540. The van der Waals surface area contributed by atoms with E-state index >= 15 is 0 Å². The normalized spacial score (nSPS) is 20.9. The first-order valence-electron chi connectivity index (χ1n) is 6.35. The molecule has 1 aromatic carbocycles. The fourth-order valence-corrected chi connectivity index (χ4v) is 2.78. The lowest BCUT2D eigenvalue weighted by atomic mass is 10.0. The van der Waals surface area contributed by atoms with E-state index in [1.165, 1.54) is 35.7 Å². The second-order valence-corrected chi connectivity index (χ2v) is 5.52. The Labute approximate surface area is 112 Å². The summed E-state index contributed by atoms with van der Waals surface area (Å²) in [5, 5.41) is 3.63. The zero-order valence-corrected chi connectivity index (χ0v) is 11.9. The molecule has 0 saturated carbocycles. The van der Waals surface area contributed by atoms with Crippen molar-refractivity contribution in [1.82, 2.24) is 5.32 Å². The summed E-state index contributed by atoms with van der Waals surface area (Å²) in [7, 11) is 1.72. The van der Waals surface area contributed by atoms with E-state index in [1.807, 2.05) is 6.07 Å². The van der Waals surface area contributed by atoms with E-state index in [0.717, 1.165) is 18.7 Å². The van der Waals surface area contributed by atoms with Gasteiger partial charge in [0.1, 0.15) is 5.75 Å². The fourth-order valence-electron chi connectivity index (χ4n) is 2.37. The van der Waals surface area contributed by atoms with E-state index in [1.54, 1.807) is 7.11 Å². The van der Waals surface area contributed by atoms with Crippen LogP contribution in [-0.2, 0) is 6.42 Å². The summed E-state index contributed by atoms with van der Waals surface area (Å²) in [6.07, 6.45) is 6.39. The predicted molar refractivity (Wildman–Crippen MR) is 74.7 cm³/mol. The van der Waals surface area contributed by atoms with E-state index in [0.29, 0.717) is 6.04 Å². The molecule has 0 spiro atoms. The molecule has 1 aliphatic heterocycles. The van der Waals surface area contributed by atoms with Crippen LogP contribution in [0.3, 0.4) is 0 Å². The molecule has 1 aliphatic rings. The van der Waals surface area contributed by atoms with Crippen molar-refractivity contribution in [2.24, 2.45) is 0 Å². The van der Waals surface area contributed by atoms with Gasteiger partial charge in [-0.15, -0.1) is 0 Å². The largest absolute Gasteiger partial charge is 0.497 e. The Balaban J connectivity index is 2.05. The van der Waals surface area contributed by atoms with Crippen molar-refractivity contribution in [3.63, 3.8) is 0 Å². The van der Waals surface area contributed by atoms with Crippen LogP contribution < -0.4 is 10.1 Å². The van der Waals surface area contributed by atoms with Gasteiger partial charge >= 0.3 is 0 Å². The minimum Gasteiger partial charge on any atom is -0.497 e. The van der Waals surface area contributed by atoms with Crippen LogP contribution in [0.5, 0.6) is 5.75 Å². The molecule has 1 atom stereocenters. The molecule has 0 radical (unpaired) electrons. The number of hydrogen-bond acceptors (Lipinski definition) is 2. The average Bonchev–Trinajstić information content (AvgIpc) is 2.60. The fraction of sp³-hybridized carbons (Fsp3) is 0.571. The van der Waals surface area contributed by atoms with Crippen molar-refractivity contribution in [2.75, 3.05) is 13.7 Å². The third-order valence-corrected chi connectivity index (χ3v) is 4.16. The maximum atomic E-state index is 5.28. The highest BCUT2D eigenvalue weighted by atomic mass is 79.9. The Bertz CT molecular complexity index is 359. The molecule has 0 aliphatic carbocycles. The van der Waals surface area contributed by atoms with Crippen molar-refractivity contribution in [3.8, 4) is 5.75 Å². The summed E-state index contributed by atoms with van der Waals surface area (Å²) >= 11 is 3.62. The summed E-state index contributed by atoms with van der Waals surface area (Å²) in [5.74, 6) is 0.942. The first kappa shape index (κ1) is 12.9. The number of methoxy groups -OCH3 is 1. The second kappa shape index (κ2) is 6.41. The molecule has 0 aromatic heterocycles. The van der Waals surface area contributed by atoms with Gasteiger partial charge in [-0.2, -0.15) is 0 Å². The average molecular weight is 298 g/mol. The van der Waals surface area contributed by atoms with Gasteiger partial charge in [-0.3, -0.25) is 0 Å². The van der Waals surface area contributed by atoms with Crippen molar-refractivity contribution >= 4 is 15.9 Å². The van der Waals surface area contributed by atoms with E-state index in [9.17, 15) is 0 Å². The summed E-state index contributed by atoms with van der Waals surface area (Å²) in [5.41, 5.74) is 1.34. The number of hydrogen-bond donors (Lipinski definition) is 1. The molecule has 1 fully saturated rings. The molecular weight excluding hydrogens is 278 g/mol. The molecule has 0 bridgehead atoms. The van der Waals surface area contributed by atoms with E-state index in [4.69, 9.17) is 4.74 Å². The van der Waals surface area contributed by atoms with Gasteiger partial charge in [0.05, 0.1) is 7.11 Å². The number of rotatable bonds is 3. The van der Waals surface area contributed by atoms with Gasteiger partial charge in [0.25, 0.3) is 0 Å². The highest BCUT2D eigenvalue weighted by Gasteiger charge is 2.13.